The Morgan fingerprint density at radius 1 is 0.769 bits per heavy atom. The molecule has 0 aromatic heterocycles. The number of nitrogens with zero attached hydrogens (tertiary/aromatic N) is 1. The fourth-order valence-corrected chi connectivity index (χ4v) is 5.74. The summed E-state index contributed by atoms with van der Waals surface area (Å²) in [5, 5.41) is 10.7. The number of epoxide rings is 1. The Kier molecular flexibility index (Phi) is 11.9. The van der Waals surface area contributed by atoms with Gasteiger partial charge in [0.25, 0.3) is 0 Å². The lowest BCUT2D eigenvalue weighted by molar-refractivity contribution is -0.135. The van der Waals surface area contributed by atoms with E-state index in [2.05, 4.69) is 21.3 Å². The second-order valence-electron chi connectivity index (χ2n) is 14.3. The van der Waals surface area contributed by atoms with Crippen LogP contribution >= 0.6 is 0 Å². The standard InChI is InChI=1S/C40H57N5O7/c1-27(2)22-32(36(47)40(5)26-52-40)42-39(50)34(24-30-14-10-7-11-15-30)44-38(49)33(23-28(3)4)43-37(48)31(17-16-29-12-8-6-9-13-29)41-35(46)25-45-18-20-51-21-19-45/h6-15,27-28,31-34H,16-26H2,1-5H3,(H,41,46)(H,42,50)(H,43,48)(H,44,49)/t31-,32+,33-,34-,40+/m0/s1/i20D2,21D2,26D2,32D. The van der Waals surface area contributed by atoms with E-state index >= 15 is 0 Å². The molecule has 2 aliphatic heterocycles. The Morgan fingerprint density at radius 2 is 1.31 bits per heavy atom. The van der Waals surface area contributed by atoms with Crippen molar-refractivity contribution in [1.82, 2.24) is 26.2 Å². The second kappa shape index (κ2) is 19.6. The summed E-state index contributed by atoms with van der Waals surface area (Å²) in [5.41, 5.74) is -0.444. The van der Waals surface area contributed by atoms with Gasteiger partial charge in [-0.1, -0.05) is 88.4 Å². The molecule has 4 rings (SSSR count). The molecule has 2 fully saturated rings. The Hall–Kier alpha value is -4.13. The molecular weight excluding hydrogens is 662 g/mol. The number of Topliss-reactive ketones (excluding diaryl/α,β-unsaturated/α-hetero) is 1. The maximum atomic E-state index is 14.2. The van der Waals surface area contributed by atoms with E-state index in [1.54, 1.807) is 44.2 Å². The van der Waals surface area contributed by atoms with E-state index in [4.69, 9.17) is 19.1 Å². The van der Waals surface area contributed by atoms with Crippen molar-refractivity contribution in [2.24, 2.45) is 11.8 Å². The van der Waals surface area contributed by atoms with Crippen molar-refractivity contribution in [3.8, 4) is 0 Å². The average molecular weight is 727 g/mol. The number of carbonyl (C=O) groups excluding carboxylic acids is 5. The topological polar surface area (TPSA) is 158 Å². The van der Waals surface area contributed by atoms with E-state index in [1.165, 1.54) is 11.8 Å². The third-order valence-corrected chi connectivity index (χ3v) is 8.56. The summed E-state index contributed by atoms with van der Waals surface area (Å²) in [6, 6.07) is 11.9. The number of amides is 4. The number of benzene rings is 2. The molecule has 12 heteroatoms. The van der Waals surface area contributed by atoms with Crippen LogP contribution in [-0.4, -0.2) is 103 Å². The van der Waals surface area contributed by atoms with Crippen LogP contribution in [0.1, 0.15) is 74.6 Å². The third kappa shape index (κ3) is 13.1. The van der Waals surface area contributed by atoms with Crippen molar-refractivity contribution in [2.75, 3.05) is 39.3 Å². The monoisotopic (exact) mass is 726 g/mol. The number of hydrogen-bond acceptors (Lipinski definition) is 8. The first-order valence-corrected chi connectivity index (χ1v) is 17.8. The molecule has 0 aliphatic carbocycles. The number of nitrogens with one attached hydrogen (secondary N) is 4. The van der Waals surface area contributed by atoms with Crippen molar-refractivity contribution in [1.29, 1.82) is 0 Å². The van der Waals surface area contributed by atoms with Gasteiger partial charge in [-0.25, -0.2) is 0 Å². The lowest BCUT2D eigenvalue weighted by Gasteiger charge is -2.29. The van der Waals surface area contributed by atoms with Gasteiger partial charge in [0.1, 0.15) is 23.7 Å². The Morgan fingerprint density at radius 3 is 1.88 bits per heavy atom. The normalized spacial score (nSPS) is 25.1. The van der Waals surface area contributed by atoms with Gasteiger partial charge in [0.05, 0.1) is 41.8 Å². The SMILES string of the molecule is [2H]C1([2H])CN(CC(=O)N[C@@H](CCc2ccccc2)C(=O)N[C@@H](CC(C)C)C(=O)N[C@@H](Cc2ccccc2)C(=O)N[C@]([2H])(CC(C)C)C(=O)[C@]2(C)OC2([2H])[2H])CC([2H])([2H])O1. The molecular formula is C40H57N5O7. The van der Waals surface area contributed by atoms with Gasteiger partial charge < -0.3 is 30.7 Å². The molecule has 284 valence electrons. The van der Waals surface area contributed by atoms with E-state index < -0.39 is 85.4 Å². The van der Waals surface area contributed by atoms with Gasteiger partial charge in [0.2, 0.25) is 23.6 Å². The van der Waals surface area contributed by atoms with Crippen molar-refractivity contribution < 1.29 is 43.0 Å². The van der Waals surface area contributed by atoms with E-state index in [-0.39, 0.29) is 50.6 Å². The second-order valence-corrected chi connectivity index (χ2v) is 14.3. The highest BCUT2D eigenvalue weighted by Crippen LogP contribution is 2.29. The molecule has 0 radical (unpaired) electrons. The highest BCUT2D eigenvalue weighted by molar-refractivity contribution is 5.98. The van der Waals surface area contributed by atoms with Crippen molar-refractivity contribution >= 4 is 29.4 Å². The van der Waals surface area contributed by atoms with Crippen molar-refractivity contribution in [3.05, 3.63) is 71.8 Å². The number of rotatable bonds is 20. The van der Waals surface area contributed by atoms with Crippen LogP contribution < -0.4 is 21.3 Å². The zero-order chi connectivity index (χ0) is 44.0. The quantitative estimate of drug-likeness (QED) is 0.152. The Balaban J connectivity index is 1.57. The molecule has 0 unspecified atom stereocenters. The summed E-state index contributed by atoms with van der Waals surface area (Å²) in [7, 11) is 0. The first-order valence-electron chi connectivity index (χ1n) is 21.3. The lowest BCUT2D eigenvalue weighted by Crippen LogP contribution is -2.59. The molecule has 0 saturated carbocycles. The molecule has 2 aromatic rings. The van der Waals surface area contributed by atoms with Crippen molar-refractivity contribution in [2.45, 2.75) is 96.5 Å². The summed E-state index contributed by atoms with van der Waals surface area (Å²) < 4.78 is 66.7. The summed E-state index contributed by atoms with van der Waals surface area (Å²) in [6.07, 6.45) is 0.351. The van der Waals surface area contributed by atoms with Crippen LogP contribution in [0.5, 0.6) is 0 Å². The summed E-state index contributed by atoms with van der Waals surface area (Å²) in [5.74, 6) is -4.40. The number of aryl methyl sites for hydroxylation is 1. The van der Waals surface area contributed by atoms with Gasteiger partial charge in [-0.05, 0) is 55.6 Å². The third-order valence-electron chi connectivity index (χ3n) is 8.56. The molecule has 2 aliphatic rings. The Labute approximate surface area is 318 Å². The van der Waals surface area contributed by atoms with Gasteiger partial charge in [0.15, 0.2) is 5.78 Å². The van der Waals surface area contributed by atoms with Gasteiger partial charge >= 0.3 is 0 Å². The summed E-state index contributed by atoms with van der Waals surface area (Å²) in [4.78, 5) is 70.7. The maximum absolute atomic E-state index is 14.2. The predicted molar refractivity (Wildman–Crippen MR) is 198 cm³/mol. The first kappa shape index (κ1) is 31.4. The van der Waals surface area contributed by atoms with Crippen molar-refractivity contribution in [3.63, 3.8) is 0 Å². The molecule has 0 spiro atoms. The fourth-order valence-electron chi connectivity index (χ4n) is 5.74. The van der Waals surface area contributed by atoms with Crippen LogP contribution in [0, 0.1) is 11.8 Å². The van der Waals surface area contributed by atoms with Crippen LogP contribution in [0.4, 0.5) is 0 Å². The van der Waals surface area contributed by atoms with Gasteiger partial charge in [-0.2, -0.15) is 0 Å². The van der Waals surface area contributed by atoms with Crippen LogP contribution in [0.3, 0.4) is 0 Å². The maximum Gasteiger partial charge on any atom is 0.243 e. The van der Waals surface area contributed by atoms with E-state index in [0.717, 1.165) is 5.56 Å². The lowest BCUT2D eigenvalue weighted by atomic mass is 9.93. The smallest absolute Gasteiger partial charge is 0.243 e. The van der Waals surface area contributed by atoms with E-state index in [1.807, 2.05) is 44.2 Å². The van der Waals surface area contributed by atoms with Crippen LogP contribution in [-0.2, 0) is 46.3 Å². The first-order chi connectivity index (χ1) is 27.3. The molecule has 2 saturated heterocycles. The van der Waals surface area contributed by atoms with E-state index in [0.29, 0.717) is 12.0 Å². The number of morpholine rings is 1. The Bertz CT molecular complexity index is 1790. The molecule has 4 amide bonds. The molecule has 0 bridgehead atoms. The number of carbonyl (C=O) groups is 5. The number of hydrogen-bond donors (Lipinski definition) is 4. The van der Waals surface area contributed by atoms with Gasteiger partial charge in [-0.3, -0.25) is 28.9 Å². The molecule has 2 aromatic carbocycles. The molecule has 4 N–H and O–H groups in total. The molecule has 5 atom stereocenters. The van der Waals surface area contributed by atoms with Crippen LogP contribution in [0.2, 0.25) is 0 Å². The molecule has 12 nitrogen and oxygen atoms in total. The summed E-state index contributed by atoms with van der Waals surface area (Å²) in [6.45, 7) is 0.135. The van der Waals surface area contributed by atoms with Crippen LogP contribution in [0.15, 0.2) is 60.7 Å². The predicted octanol–water partition coefficient (Wildman–Crippen LogP) is 2.58. The van der Waals surface area contributed by atoms with Gasteiger partial charge in [-0.15, -0.1) is 0 Å². The van der Waals surface area contributed by atoms with Gasteiger partial charge in [0, 0.05) is 19.5 Å². The fraction of sp³-hybridized carbons (Fsp3) is 0.575. The zero-order valence-electron chi connectivity index (χ0n) is 37.6. The highest BCUT2D eigenvalue weighted by Gasteiger charge is 2.50. The minimum absolute atomic E-state index is 0.0611. The number of ether oxygens (including phenoxy) is 2. The largest absolute Gasteiger partial charge is 0.379 e. The zero-order valence-corrected chi connectivity index (χ0v) is 30.6. The van der Waals surface area contributed by atoms with E-state index in [9.17, 15) is 24.0 Å². The minimum Gasteiger partial charge on any atom is -0.379 e. The van der Waals surface area contributed by atoms with Crippen LogP contribution in [0.25, 0.3) is 0 Å². The average Bonchev–Trinajstić information content (AvgIpc) is 3.64. The molecule has 2 heterocycles. The minimum atomic E-state index is -2.36. The summed E-state index contributed by atoms with van der Waals surface area (Å²) >= 11 is 0. The molecule has 52 heavy (non-hydrogen) atoms. The highest BCUT2D eigenvalue weighted by atomic mass is 16.6. The number of ketones is 1.